The fourth-order valence-corrected chi connectivity index (χ4v) is 5.46. The molecule has 1 aliphatic carbocycles. The topological polar surface area (TPSA) is 55.2 Å². The zero-order valence-corrected chi connectivity index (χ0v) is 13.6. The Balaban J connectivity index is 1.66. The molecule has 1 saturated heterocycles. The molecule has 1 atom stereocenters. The summed E-state index contributed by atoms with van der Waals surface area (Å²) in [6.07, 6.45) is 11.1. The summed E-state index contributed by atoms with van der Waals surface area (Å²) in [4.78, 5) is 6.51. The minimum absolute atomic E-state index is 0.157. The van der Waals surface area contributed by atoms with Crippen LogP contribution in [0.3, 0.4) is 0 Å². The number of aromatic nitrogens is 2. The molecule has 21 heavy (non-hydrogen) atoms. The van der Waals surface area contributed by atoms with E-state index in [-0.39, 0.29) is 6.04 Å². The smallest absolute Gasteiger partial charge is 0.151 e. The molecule has 118 valence electrons. The van der Waals surface area contributed by atoms with E-state index < -0.39 is 9.84 Å². The van der Waals surface area contributed by atoms with Crippen LogP contribution in [0.4, 0.5) is 0 Å². The molecule has 0 amide bonds. The minimum atomic E-state index is -2.81. The van der Waals surface area contributed by atoms with E-state index in [4.69, 9.17) is 0 Å². The van der Waals surface area contributed by atoms with E-state index in [0.717, 1.165) is 13.0 Å². The Labute approximate surface area is 127 Å². The molecule has 2 fully saturated rings. The second-order valence-corrected chi connectivity index (χ2v) is 8.78. The van der Waals surface area contributed by atoms with Crippen LogP contribution >= 0.6 is 0 Å². The maximum Gasteiger partial charge on any atom is 0.151 e. The van der Waals surface area contributed by atoms with E-state index in [1.165, 1.54) is 37.8 Å². The Morgan fingerprint density at radius 3 is 2.71 bits per heavy atom. The van der Waals surface area contributed by atoms with Crippen molar-refractivity contribution < 1.29 is 8.42 Å². The van der Waals surface area contributed by atoms with Gasteiger partial charge in [-0.05, 0) is 26.3 Å². The third-order valence-corrected chi connectivity index (χ3v) is 6.71. The molecule has 3 rings (SSSR count). The van der Waals surface area contributed by atoms with Crippen molar-refractivity contribution in [2.75, 3.05) is 18.6 Å². The van der Waals surface area contributed by atoms with Crippen LogP contribution in [0.1, 0.15) is 50.3 Å². The normalized spacial score (nSPS) is 26.5. The van der Waals surface area contributed by atoms with Crippen LogP contribution in [-0.2, 0) is 16.4 Å². The molecular weight excluding hydrogens is 286 g/mol. The fourth-order valence-electron chi connectivity index (χ4n) is 3.65. The first kappa shape index (κ1) is 15.0. The van der Waals surface area contributed by atoms with Gasteiger partial charge in [0.25, 0.3) is 0 Å². The van der Waals surface area contributed by atoms with Crippen molar-refractivity contribution in [3.8, 4) is 0 Å². The third kappa shape index (κ3) is 3.48. The Kier molecular flexibility index (Phi) is 4.36. The van der Waals surface area contributed by atoms with Gasteiger partial charge in [-0.1, -0.05) is 19.3 Å². The summed E-state index contributed by atoms with van der Waals surface area (Å²) in [7, 11) is -0.783. The monoisotopic (exact) mass is 311 g/mol. The van der Waals surface area contributed by atoms with Gasteiger partial charge in [0.2, 0.25) is 0 Å². The minimum Gasteiger partial charge on any atom is -0.330 e. The molecule has 1 aromatic rings. The van der Waals surface area contributed by atoms with Gasteiger partial charge in [-0.15, -0.1) is 0 Å². The van der Waals surface area contributed by atoms with Crippen molar-refractivity contribution in [3.63, 3.8) is 0 Å². The predicted octanol–water partition coefficient (Wildman–Crippen LogP) is 2.01. The largest absolute Gasteiger partial charge is 0.330 e. The van der Waals surface area contributed by atoms with Crippen molar-refractivity contribution in [1.29, 1.82) is 0 Å². The highest BCUT2D eigenvalue weighted by molar-refractivity contribution is 7.91. The van der Waals surface area contributed by atoms with E-state index in [0.29, 0.717) is 17.5 Å². The number of hydrogen-bond donors (Lipinski definition) is 0. The van der Waals surface area contributed by atoms with Crippen LogP contribution in [0.2, 0.25) is 0 Å². The molecule has 5 nitrogen and oxygen atoms in total. The van der Waals surface area contributed by atoms with Crippen molar-refractivity contribution in [1.82, 2.24) is 14.5 Å². The Bertz CT molecular complexity index is 575. The van der Waals surface area contributed by atoms with E-state index in [1.54, 1.807) is 0 Å². The lowest BCUT2D eigenvalue weighted by Gasteiger charge is -2.28. The van der Waals surface area contributed by atoms with Crippen LogP contribution in [0.15, 0.2) is 12.5 Å². The molecule has 0 radical (unpaired) electrons. The Morgan fingerprint density at radius 2 is 2.05 bits per heavy atom. The summed E-state index contributed by atoms with van der Waals surface area (Å²) < 4.78 is 25.6. The molecule has 0 spiro atoms. The molecule has 2 aliphatic rings. The Hall–Kier alpha value is -0.880. The molecule has 1 aromatic heterocycles. The van der Waals surface area contributed by atoms with Crippen molar-refractivity contribution in [2.45, 2.75) is 57.2 Å². The van der Waals surface area contributed by atoms with Crippen LogP contribution in [0.5, 0.6) is 0 Å². The number of nitrogens with zero attached hydrogens (tertiary/aromatic N) is 3. The molecule has 6 heteroatoms. The molecule has 0 bridgehead atoms. The number of rotatable bonds is 4. The Morgan fingerprint density at radius 1 is 1.29 bits per heavy atom. The molecular formula is C15H25N3O2S. The van der Waals surface area contributed by atoms with Crippen LogP contribution in [0, 0.1) is 0 Å². The van der Waals surface area contributed by atoms with Crippen LogP contribution in [0.25, 0.3) is 0 Å². The second-order valence-electron chi connectivity index (χ2n) is 6.56. The quantitative estimate of drug-likeness (QED) is 0.853. The molecule has 0 N–H and O–H groups in total. The first-order chi connectivity index (χ1) is 10.1. The van der Waals surface area contributed by atoms with Gasteiger partial charge >= 0.3 is 0 Å². The van der Waals surface area contributed by atoms with Crippen LogP contribution < -0.4 is 0 Å². The van der Waals surface area contributed by atoms with Gasteiger partial charge in [-0.3, -0.25) is 4.90 Å². The summed E-state index contributed by atoms with van der Waals surface area (Å²) in [5, 5.41) is 0. The van der Waals surface area contributed by atoms with Crippen molar-refractivity contribution >= 4 is 9.84 Å². The third-order valence-electron chi connectivity index (χ3n) is 4.96. The highest BCUT2D eigenvalue weighted by atomic mass is 32.2. The lowest BCUT2D eigenvalue weighted by atomic mass is 9.95. The fraction of sp³-hybridized carbons (Fsp3) is 0.800. The van der Waals surface area contributed by atoms with Gasteiger partial charge in [-0.2, -0.15) is 0 Å². The maximum absolute atomic E-state index is 11.6. The van der Waals surface area contributed by atoms with Crippen molar-refractivity contribution in [3.05, 3.63) is 18.2 Å². The summed E-state index contributed by atoms with van der Waals surface area (Å²) in [6, 6.07) is 0.738. The zero-order valence-electron chi connectivity index (χ0n) is 12.7. The van der Waals surface area contributed by atoms with Crippen LogP contribution in [-0.4, -0.2) is 47.5 Å². The first-order valence-corrected chi connectivity index (χ1v) is 9.79. The molecule has 1 saturated carbocycles. The van der Waals surface area contributed by atoms with Crippen molar-refractivity contribution in [2.24, 2.45) is 0 Å². The van der Waals surface area contributed by atoms with Gasteiger partial charge in [0.05, 0.1) is 23.5 Å². The average Bonchev–Trinajstić information content (AvgIpc) is 3.06. The molecule has 1 unspecified atom stereocenters. The number of sulfone groups is 1. The van der Waals surface area contributed by atoms with E-state index >= 15 is 0 Å². The summed E-state index contributed by atoms with van der Waals surface area (Å²) in [5.74, 6) is 0.644. The SMILES string of the molecule is CN(Cc1cncn1C1CCCCC1)C1CCS(=O)(=O)C1. The lowest BCUT2D eigenvalue weighted by Crippen LogP contribution is -2.33. The summed E-state index contributed by atoms with van der Waals surface area (Å²) in [6.45, 7) is 0.788. The number of hydrogen-bond acceptors (Lipinski definition) is 4. The maximum atomic E-state index is 11.6. The molecule has 1 aliphatic heterocycles. The van der Waals surface area contributed by atoms with E-state index in [1.807, 2.05) is 19.6 Å². The predicted molar refractivity (Wildman–Crippen MR) is 82.9 cm³/mol. The standard InChI is InChI=1S/C15H25N3O2S/c1-17(14-7-8-21(19,20)11-14)10-15-9-16-12-18(15)13-5-3-2-4-6-13/h9,12-14H,2-8,10-11H2,1H3. The summed E-state index contributed by atoms with van der Waals surface area (Å²) in [5.41, 5.74) is 1.22. The van der Waals surface area contributed by atoms with Gasteiger partial charge in [0, 0.05) is 24.8 Å². The molecule has 2 heterocycles. The van der Waals surface area contributed by atoms with Gasteiger partial charge in [0.15, 0.2) is 9.84 Å². The first-order valence-electron chi connectivity index (χ1n) is 7.96. The van der Waals surface area contributed by atoms with Gasteiger partial charge in [-0.25, -0.2) is 13.4 Å². The highest BCUT2D eigenvalue weighted by Crippen LogP contribution is 2.29. The molecule has 0 aromatic carbocycles. The highest BCUT2D eigenvalue weighted by Gasteiger charge is 2.31. The average molecular weight is 311 g/mol. The zero-order chi connectivity index (χ0) is 14.9. The summed E-state index contributed by atoms with van der Waals surface area (Å²) >= 11 is 0. The number of imidazole rings is 1. The van der Waals surface area contributed by atoms with Gasteiger partial charge < -0.3 is 4.57 Å². The second kappa shape index (κ2) is 6.08. The van der Waals surface area contributed by atoms with E-state index in [2.05, 4.69) is 14.5 Å². The van der Waals surface area contributed by atoms with Gasteiger partial charge in [0.1, 0.15) is 0 Å². The van der Waals surface area contributed by atoms with E-state index in [9.17, 15) is 8.42 Å². The lowest BCUT2D eigenvalue weighted by molar-refractivity contribution is 0.240.